The summed E-state index contributed by atoms with van der Waals surface area (Å²) in [6.07, 6.45) is -7.23. The summed E-state index contributed by atoms with van der Waals surface area (Å²) in [5.41, 5.74) is -2.59. The number of rotatable bonds is 4. The molecule has 0 radical (unpaired) electrons. The highest BCUT2D eigenvalue weighted by Crippen LogP contribution is 2.35. The second-order valence-corrected chi connectivity index (χ2v) is 10.7. The lowest BCUT2D eigenvalue weighted by Crippen LogP contribution is -2.40. The minimum Gasteiger partial charge on any atom is -0.348 e. The van der Waals surface area contributed by atoms with Crippen LogP contribution in [0.5, 0.6) is 0 Å². The van der Waals surface area contributed by atoms with Crippen molar-refractivity contribution >= 4 is 21.4 Å². The van der Waals surface area contributed by atoms with E-state index >= 15 is 0 Å². The molecule has 14 heteroatoms. The number of nitrogens with zero attached hydrogens (tertiary/aromatic N) is 2. The first-order chi connectivity index (χ1) is 16.7. The Labute approximate surface area is 200 Å². The zero-order valence-electron chi connectivity index (χ0n) is 18.2. The Morgan fingerprint density at radius 3 is 2.22 bits per heavy atom. The van der Waals surface area contributed by atoms with E-state index in [-0.39, 0.29) is 43.1 Å². The highest BCUT2D eigenvalue weighted by atomic mass is 32.2. The number of nitrogens with one attached hydrogen (secondary N) is 1. The van der Waals surface area contributed by atoms with Gasteiger partial charge in [-0.15, -0.1) is 0 Å². The largest absolute Gasteiger partial charge is 0.419 e. The smallest absolute Gasteiger partial charge is 0.348 e. The van der Waals surface area contributed by atoms with E-state index in [1.54, 1.807) is 0 Å². The number of sulfone groups is 1. The minimum atomic E-state index is -5.05. The van der Waals surface area contributed by atoms with Gasteiger partial charge < -0.3 is 9.72 Å². The van der Waals surface area contributed by atoms with Gasteiger partial charge in [-0.2, -0.15) is 26.3 Å². The highest BCUT2D eigenvalue weighted by Gasteiger charge is 2.38. The van der Waals surface area contributed by atoms with Crippen molar-refractivity contribution in [1.82, 2.24) is 14.7 Å². The lowest BCUT2D eigenvalue weighted by Gasteiger charge is -2.29. The summed E-state index contributed by atoms with van der Waals surface area (Å²) < 4.78 is 118. The van der Waals surface area contributed by atoms with Gasteiger partial charge in [0.25, 0.3) is 5.91 Å². The van der Waals surface area contributed by atoms with Crippen molar-refractivity contribution < 1.29 is 43.9 Å². The summed E-state index contributed by atoms with van der Waals surface area (Å²) in [6.45, 7) is 0. The molecule has 0 atom stereocenters. The zero-order chi connectivity index (χ0) is 26.5. The predicted octanol–water partition coefficient (Wildman–Crippen LogP) is 5.03. The number of alkyl halides is 6. The van der Waals surface area contributed by atoms with Gasteiger partial charge in [-0.05, 0) is 56.0 Å². The van der Waals surface area contributed by atoms with E-state index in [4.69, 9.17) is 0 Å². The zero-order valence-corrected chi connectivity index (χ0v) is 19.0. The molecule has 2 heterocycles. The van der Waals surface area contributed by atoms with Crippen LogP contribution in [0.2, 0.25) is 0 Å². The van der Waals surface area contributed by atoms with Crippen molar-refractivity contribution in [2.24, 2.45) is 0 Å². The van der Waals surface area contributed by atoms with Crippen LogP contribution in [0, 0.1) is 5.82 Å². The van der Waals surface area contributed by atoms with Gasteiger partial charge in [-0.3, -0.25) is 4.79 Å². The van der Waals surface area contributed by atoms with Crippen LogP contribution in [0.3, 0.4) is 0 Å². The Morgan fingerprint density at radius 1 is 0.944 bits per heavy atom. The van der Waals surface area contributed by atoms with Crippen LogP contribution < -0.4 is 5.32 Å². The molecule has 6 nitrogen and oxygen atoms in total. The highest BCUT2D eigenvalue weighted by molar-refractivity contribution is 7.92. The molecule has 1 amide bonds. The monoisotopic (exact) mass is 537 g/mol. The van der Waals surface area contributed by atoms with Gasteiger partial charge in [-0.25, -0.2) is 17.8 Å². The van der Waals surface area contributed by atoms with Crippen molar-refractivity contribution in [1.29, 1.82) is 0 Å². The second-order valence-electron chi connectivity index (χ2n) is 8.44. The van der Waals surface area contributed by atoms with E-state index in [2.05, 4.69) is 10.3 Å². The predicted molar refractivity (Wildman–Crippen MR) is 112 cm³/mol. The summed E-state index contributed by atoms with van der Waals surface area (Å²) in [7, 11) is -4.19. The molecule has 2 aromatic heterocycles. The number of pyridine rings is 1. The fourth-order valence-electron chi connectivity index (χ4n) is 4.14. The van der Waals surface area contributed by atoms with Crippen LogP contribution >= 0.6 is 0 Å². The molecule has 194 valence electrons. The van der Waals surface area contributed by atoms with Crippen molar-refractivity contribution in [2.75, 3.05) is 0 Å². The molecule has 1 aliphatic carbocycles. The van der Waals surface area contributed by atoms with E-state index < -0.39 is 61.2 Å². The lowest BCUT2D eigenvalue weighted by atomic mass is 9.95. The van der Waals surface area contributed by atoms with Gasteiger partial charge in [0.1, 0.15) is 17.2 Å². The Bertz CT molecular complexity index is 1410. The second kappa shape index (κ2) is 9.05. The summed E-state index contributed by atoms with van der Waals surface area (Å²) in [5.74, 6) is -2.23. The summed E-state index contributed by atoms with van der Waals surface area (Å²) in [5, 5.41) is 1.64. The summed E-state index contributed by atoms with van der Waals surface area (Å²) in [4.78, 5) is 15.9. The Hall–Kier alpha value is -3.16. The number of hydrogen-bond acceptors (Lipinski definition) is 4. The fourth-order valence-corrected chi connectivity index (χ4v) is 5.95. The van der Waals surface area contributed by atoms with Crippen LogP contribution in [0.1, 0.15) is 47.3 Å². The third-order valence-corrected chi connectivity index (χ3v) is 8.29. The molecule has 1 aromatic carbocycles. The van der Waals surface area contributed by atoms with Crippen LogP contribution in [-0.4, -0.2) is 35.0 Å². The topological polar surface area (TPSA) is 80.5 Å². The van der Waals surface area contributed by atoms with Crippen LogP contribution in [0.15, 0.2) is 47.6 Å². The molecule has 1 fully saturated rings. The maximum absolute atomic E-state index is 13.5. The van der Waals surface area contributed by atoms with Gasteiger partial charge in [0.2, 0.25) is 0 Å². The Balaban J connectivity index is 1.42. The van der Waals surface area contributed by atoms with Crippen LogP contribution in [0.25, 0.3) is 5.65 Å². The average molecular weight is 537 g/mol. The molecule has 0 aliphatic heterocycles. The average Bonchev–Trinajstić information content (AvgIpc) is 3.22. The molecule has 36 heavy (non-hydrogen) atoms. The molecule has 0 unspecified atom stereocenters. The van der Waals surface area contributed by atoms with Crippen molar-refractivity contribution in [3.05, 3.63) is 65.4 Å². The summed E-state index contributed by atoms with van der Waals surface area (Å²) >= 11 is 0. The normalized spacial score (nSPS) is 19.4. The van der Waals surface area contributed by atoms with Gasteiger partial charge >= 0.3 is 12.4 Å². The van der Waals surface area contributed by atoms with Crippen LogP contribution in [-0.2, 0) is 22.2 Å². The molecular formula is C22H18F7N3O3S. The van der Waals surface area contributed by atoms with Crippen molar-refractivity contribution in [3.63, 3.8) is 0 Å². The Kier molecular flexibility index (Phi) is 6.52. The van der Waals surface area contributed by atoms with E-state index in [1.165, 1.54) is 0 Å². The van der Waals surface area contributed by atoms with Crippen LogP contribution in [0.4, 0.5) is 30.7 Å². The number of amides is 1. The fraction of sp³-hybridized carbons (Fsp3) is 0.364. The van der Waals surface area contributed by atoms with E-state index in [9.17, 15) is 43.9 Å². The number of aromatic nitrogens is 2. The number of carbonyl (C=O) groups excluding carboxylic acids is 1. The Morgan fingerprint density at radius 2 is 1.61 bits per heavy atom. The molecule has 4 rings (SSSR count). The molecule has 1 saturated carbocycles. The number of halogens is 7. The number of imidazole rings is 1. The molecule has 3 aromatic rings. The number of fused-ring (bicyclic) bond motifs is 1. The van der Waals surface area contributed by atoms with Crippen molar-refractivity contribution in [2.45, 2.75) is 54.2 Å². The van der Waals surface area contributed by atoms with Gasteiger partial charge in [0.05, 0.1) is 21.3 Å². The standard InChI is InChI=1S/C22H18F7N3O3S/c23-17-7-6-15(9-16(17)22(27,28)29)36(34,35)14-4-2-13(3-5-14)30-20(33)18-11-32-10-12(21(24,25)26)1-8-19(32)31-18/h1,6-11,13-14H,2-5H2,(H,30,33). The number of benzene rings is 1. The molecule has 1 N–H and O–H groups in total. The maximum Gasteiger partial charge on any atom is 0.419 e. The third kappa shape index (κ3) is 5.18. The van der Waals surface area contributed by atoms with Crippen molar-refractivity contribution in [3.8, 4) is 0 Å². The first-order valence-electron chi connectivity index (χ1n) is 10.6. The van der Waals surface area contributed by atoms with E-state index in [0.29, 0.717) is 6.07 Å². The minimum absolute atomic E-state index is 0.0338. The molecule has 0 saturated heterocycles. The number of carbonyl (C=O) groups is 1. The van der Waals surface area contributed by atoms with Gasteiger partial charge in [-0.1, -0.05) is 0 Å². The van der Waals surface area contributed by atoms with E-state index in [0.717, 1.165) is 35.0 Å². The molecular weight excluding hydrogens is 519 g/mol. The third-order valence-electron chi connectivity index (χ3n) is 6.03. The SMILES string of the molecule is O=C(NC1CCC(S(=O)(=O)c2ccc(F)c(C(F)(F)F)c2)CC1)c1cn2cc(C(F)(F)F)ccc2n1. The molecule has 0 spiro atoms. The van der Waals surface area contributed by atoms with E-state index in [1.807, 2.05) is 0 Å². The maximum atomic E-state index is 13.5. The quantitative estimate of drug-likeness (QED) is 0.374. The molecule has 1 aliphatic rings. The van der Waals surface area contributed by atoms with Gasteiger partial charge in [0.15, 0.2) is 9.84 Å². The first kappa shape index (κ1) is 25.9. The first-order valence-corrected chi connectivity index (χ1v) is 12.2. The van der Waals surface area contributed by atoms with Gasteiger partial charge in [0, 0.05) is 18.4 Å². The molecule has 0 bridgehead atoms. The lowest BCUT2D eigenvalue weighted by molar-refractivity contribution is -0.140. The number of hydrogen-bond donors (Lipinski definition) is 1. The summed E-state index contributed by atoms with van der Waals surface area (Å²) in [6, 6.07) is 3.03.